The highest BCUT2D eigenvalue weighted by atomic mass is 32.1. The zero-order valence-corrected chi connectivity index (χ0v) is 9.80. The van der Waals surface area contributed by atoms with Crippen molar-refractivity contribution in [2.75, 3.05) is 6.61 Å². The lowest BCUT2D eigenvalue weighted by atomic mass is 9.95. The molecule has 15 heavy (non-hydrogen) atoms. The lowest BCUT2D eigenvalue weighted by Crippen LogP contribution is -2.45. The third-order valence-electron chi connectivity index (χ3n) is 2.52. The van der Waals surface area contributed by atoms with Crippen molar-refractivity contribution >= 4 is 17.2 Å². The number of hydrogen-bond acceptors (Lipinski definition) is 4. The van der Waals surface area contributed by atoms with E-state index in [4.69, 9.17) is 5.11 Å². The van der Waals surface area contributed by atoms with Crippen LogP contribution in [-0.4, -0.2) is 28.1 Å². The first kappa shape index (κ1) is 12.1. The predicted octanol–water partition coefficient (Wildman–Crippen LogP) is 1.42. The van der Waals surface area contributed by atoms with Gasteiger partial charge in [0.15, 0.2) is 0 Å². The van der Waals surface area contributed by atoms with Crippen LogP contribution in [0.5, 0.6) is 0 Å². The van der Waals surface area contributed by atoms with Gasteiger partial charge in [0.05, 0.1) is 11.7 Å². The first-order valence-electron chi connectivity index (χ1n) is 4.93. The van der Waals surface area contributed by atoms with Crippen LogP contribution in [0.1, 0.15) is 36.4 Å². The van der Waals surface area contributed by atoms with Crippen LogP contribution < -0.4 is 5.32 Å². The van der Waals surface area contributed by atoms with Crippen LogP contribution >= 0.6 is 11.3 Å². The van der Waals surface area contributed by atoms with Crippen molar-refractivity contribution in [1.82, 2.24) is 10.3 Å². The molecule has 0 aromatic carbocycles. The van der Waals surface area contributed by atoms with Crippen LogP contribution in [0.25, 0.3) is 0 Å². The molecule has 0 aliphatic carbocycles. The van der Waals surface area contributed by atoms with E-state index in [0.717, 1.165) is 6.42 Å². The highest BCUT2D eigenvalue weighted by Crippen LogP contribution is 2.15. The van der Waals surface area contributed by atoms with E-state index in [1.807, 2.05) is 13.8 Å². The topological polar surface area (TPSA) is 62.2 Å². The van der Waals surface area contributed by atoms with Gasteiger partial charge >= 0.3 is 0 Å². The van der Waals surface area contributed by atoms with Crippen LogP contribution in [0, 0.1) is 0 Å². The SMILES string of the molecule is CCC(C)(CCO)NC(=O)c1cncs1. The molecule has 2 N–H and O–H groups in total. The van der Waals surface area contributed by atoms with E-state index in [1.165, 1.54) is 11.3 Å². The molecule has 84 valence electrons. The second kappa shape index (κ2) is 5.23. The van der Waals surface area contributed by atoms with Gasteiger partial charge in [-0.15, -0.1) is 11.3 Å². The summed E-state index contributed by atoms with van der Waals surface area (Å²) in [5.41, 5.74) is 1.29. The highest BCUT2D eigenvalue weighted by Gasteiger charge is 2.24. The summed E-state index contributed by atoms with van der Waals surface area (Å²) in [5.74, 6) is -0.115. The molecule has 1 atom stereocenters. The minimum absolute atomic E-state index is 0.0767. The van der Waals surface area contributed by atoms with Gasteiger partial charge in [0.25, 0.3) is 5.91 Å². The van der Waals surface area contributed by atoms with E-state index in [2.05, 4.69) is 10.3 Å². The smallest absolute Gasteiger partial charge is 0.263 e. The van der Waals surface area contributed by atoms with Gasteiger partial charge in [0.1, 0.15) is 4.88 Å². The van der Waals surface area contributed by atoms with Crippen molar-refractivity contribution in [3.8, 4) is 0 Å². The third-order valence-corrected chi connectivity index (χ3v) is 3.29. The summed E-state index contributed by atoms with van der Waals surface area (Å²) in [6.45, 7) is 4.00. The Morgan fingerprint density at radius 1 is 1.73 bits per heavy atom. The lowest BCUT2D eigenvalue weighted by Gasteiger charge is -2.28. The van der Waals surface area contributed by atoms with E-state index in [-0.39, 0.29) is 18.1 Å². The molecule has 1 unspecified atom stereocenters. The summed E-state index contributed by atoms with van der Waals surface area (Å²) in [6, 6.07) is 0. The summed E-state index contributed by atoms with van der Waals surface area (Å²) in [4.78, 5) is 16.2. The second-order valence-corrected chi connectivity index (χ2v) is 4.59. The number of thiazole rings is 1. The van der Waals surface area contributed by atoms with Gasteiger partial charge in [-0.25, -0.2) is 0 Å². The fraction of sp³-hybridized carbons (Fsp3) is 0.600. The van der Waals surface area contributed by atoms with Crippen molar-refractivity contribution in [3.05, 3.63) is 16.6 Å². The molecule has 0 aliphatic heterocycles. The minimum atomic E-state index is -0.337. The average Bonchev–Trinajstić information content (AvgIpc) is 2.71. The zero-order valence-electron chi connectivity index (χ0n) is 8.99. The Balaban J connectivity index is 2.63. The number of aliphatic hydroxyl groups excluding tert-OH is 1. The van der Waals surface area contributed by atoms with Gasteiger partial charge in [-0.05, 0) is 19.8 Å². The molecule has 1 rings (SSSR count). The molecule has 0 spiro atoms. The molecule has 1 heterocycles. The number of carbonyl (C=O) groups excluding carboxylic acids is 1. The van der Waals surface area contributed by atoms with Gasteiger partial charge in [-0.2, -0.15) is 0 Å². The molecule has 4 nitrogen and oxygen atoms in total. The maximum absolute atomic E-state index is 11.7. The molecule has 0 saturated heterocycles. The number of carbonyl (C=O) groups is 1. The number of aromatic nitrogens is 1. The van der Waals surface area contributed by atoms with E-state index in [0.29, 0.717) is 11.3 Å². The van der Waals surface area contributed by atoms with Crippen molar-refractivity contribution in [1.29, 1.82) is 0 Å². The lowest BCUT2D eigenvalue weighted by molar-refractivity contribution is 0.0890. The summed E-state index contributed by atoms with van der Waals surface area (Å²) >= 11 is 1.31. The molecule has 0 saturated carbocycles. The minimum Gasteiger partial charge on any atom is -0.396 e. The number of nitrogens with one attached hydrogen (secondary N) is 1. The van der Waals surface area contributed by atoms with E-state index in [9.17, 15) is 4.79 Å². The Hall–Kier alpha value is -0.940. The molecule has 0 aliphatic rings. The van der Waals surface area contributed by atoms with Gasteiger partial charge in [0.2, 0.25) is 0 Å². The van der Waals surface area contributed by atoms with E-state index in [1.54, 1.807) is 11.7 Å². The molecule has 1 amide bonds. The molecular weight excluding hydrogens is 212 g/mol. The number of rotatable bonds is 5. The Bertz CT molecular complexity index is 313. The monoisotopic (exact) mass is 228 g/mol. The molecule has 0 bridgehead atoms. The second-order valence-electron chi connectivity index (χ2n) is 3.71. The van der Waals surface area contributed by atoms with Crippen LogP contribution in [0.2, 0.25) is 0 Å². The van der Waals surface area contributed by atoms with Crippen molar-refractivity contribution in [2.24, 2.45) is 0 Å². The molecule has 1 aromatic heterocycles. The molecule has 5 heteroatoms. The quantitative estimate of drug-likeness (QED) is 0.801. The Morgan fingerprint density at radius 2 is 2.47 bits per heavy atom. The Kier molecular flexibility index (Phi) is 4.23. The fourth-order valence-electron chi connectivity index (χ4n) is 1.24. The normalized spacial score (nSPS) is 14.6. The van der Waals surface area contributed by atoms with Crippen molar-refractivity contribution in [3.63, 3.8) is 0 Å². The number of hydrogen-bond donors (Lipinski definition) is 2. The zero-order chi connectivity index (χ0) is 11.3. The fourth-order valence-corrected chi connectivity index (χ4v) is 1.75. The first-order valence-corrected chi connectivity index (χ1v) is 5.81. The number of amides is 1. The molecule has 1 aromatic rings. The van der Waals surface area contributed by atoms with Crippen LogP contribution in [0.3, 0.4) is 0 Å². The molecule has 0 fully saturated rings. The maximum atomic E-state index is 11.7. The Labute approximate surface area is 93.4 Å². The Morgan fingerprint density at radius 3 is 2.93 bits per heavy atom. The number of nitrogens with zero attached hydrogens (tertiary/aromatic N) is 1. The summed E-state index contributed by atoms with van der Waals surface area (Å²) in [6.07, 6.45) is 2.90. The van der Waals surface area contributed by atoms with Crippen LogP contribution in [-0.2, 0) is 0 Å². The molecule has 0 radical (unpaired) electrons. The average molecular weight is 228 g/mol. The van der Waals surface area contributed by atoms with Gasteiger partial charge in [-0.1, -0.05) is 6.92 Å². The highest BCUT2D eigenvalue weighted by molar-refractivity contribution is 7.11. The largest absolute Gasteiger partial charge is 0.396 e. The van der Waals surface area contributed by atoms with Crippen molar-refractivity contribution < 1.29 is 9.90 Å². The van der Waals surface area contributed by atoms with Gasteiger partial charge < -0.3 is 10.4 Å². The number of aliphatic hydroxyl groups is 1. The van der Waals surface area contributed by atoms with Gasteiger partial charge in [0, 0.05) is 12.1 Å². The third kappa shape index (κ3) is 3.28. The predicted molar refractivity (Wildman–Crippen MR) is 60.0 cm³/mol. The van der Waals surface area contributed by atoms with Crippen LogP contribution in [0.15, 0.2) is 11.7 Å². The van der Waals surface area contributed by atoms with Crippen molar-refractivity contribution in [2.45, 2.75) is 32.2 Å². The van der Waals surface area contributed by atoms with E-state index < -0.39 is 0 Å². The van der Waals surface area contributed by atoms with Gasteiger partial charge in [-0.3, -0.25) is 9.78 Å². The summed E-state index contributed by atoms with van der Waals surface area (Å²) in [7, 11) is 0. The standard InChI is InChI=1S/C10H16N2O2S/c1-3-10(2,4-5-13)12-9(14)8-6-11-7-15-8/h6-7,13H,3-5H2,1-2H3,(H,12,14). The van der Waals surface area contributed by atoms with E-state index >= 15 is 0 Å². The maximum Gasteiger partial charge on any atom is 0.263 e. The molecular formula is C10H16N2O2S. The first-order chi connectivity index (χ1) is 7.11. The summed E-state index contributed by atoms with van der Waals surface area (Å²) in [5, 5.41) is 11.8. The van der Waals surface area contributed by atoms with Crippen LogP contribution in [0.4, 0.5) is 0 Å². The summed E-state index contributed by atoms with van der Waals surface area (Å²) < 4.78 is 0.